The average molecular weight is 705 g/mol. The molecule has 0 saturated heterocycles. The van der Waals surface area contributed by atoms with Crippen LogP contribution in [0.3, 0.4) is 0 Å². The van der Waals surface area contributed by atoms with Crippen LogP contribution < -0.4 is 16.4 Å². The smallest absolute Gasteiger partial charge is 0.252 e. The molecule has 1 spiro atoms. The van der Waals surface area contributed by atoms with Crippen molar-refractivity contribution < 1.29 is 0 Å². The zero-order valence-corrected chi connectivity index (χ0v) is 30.2. The first-order chi connectivity index (χ1) is 27.8. The van der Waals surface area contributed by atoms with E-state index < -0.39 is 5.41 Å². The lowest BCUT2D eigenvalue weighted by atomic mass is 9.33. The lowest BCUT2D eigenvalue weighted by Gasteiger charge is -2.44. The van der Waals surface area contributed by atoms with Crippen molar-refractivity contribution in [2.75, 3.05) is 0 Å². The van der Waals surface area contributed by atoms with Gasteiger partial charge in [0, 0.05) is 43.8 Å². The third-order valence-electron chi connectivity index (χ3n) is 14.1. The SMILES string of the molecule is c1ccc2c(c1)-c1ccccc1C21c2cc(-c3cccc4ccccc34)c3c4c2-n2c5c(cccc5c5cccc1c52)B4c1cccc2c4ccccc4n-3c12. The van der Waals surface area contributed by atoms with Crippen LogP contribution in [-0.2, 0) is 5.41 Å². The van der Waals surface area contributed by atoms with E-state index in [2.05, 4.69) is 185 Å². The van der Waals surface area contributed by atoms with Crippen molar-refractivity contribution in [3.8, 4) is 33.6 Å². The fraction of sp³-hybridized carbons (Fsp3) is 0.0189. The third-order valence-corrected chi connectivity index (χ3v) is 14.1. The number of hydrogen-bond acceptors (Lipinski definition) is 0. The summed E-state index contributed by atoms with van der Waals surface area (Å²) in [5.41, 5.74) is 22.4. The summed E-state index contributed by atoms with van der Waals surface area (Å²) >= 11 is 0. The Labute approximate surface area is 322 Å². The molecular weight excluding hydrogens is 675 g/mol. The lowest BCUT2D eigenvalue weighted by Crippen LogP contribution is -2.60. The summed E-state index contributed by atoms with van der Waals surface area (Å²) in [4.78, 5) is 0. The minimum Gasteiger partial charge on any atom is -0.310 e. The Balaban J connectivity index is 1.28. The Bertz CT molecular complexity index is 3620. The summed E-state index contributed by atoms with van der Waals surface area (Å²) in [6.45, 7) is 0.0557. The highest BCUT2D eigenvalue weighted by atomic mass is 15.1. The molecular formula is C53H29BN2. The van der Waals surface area contributed by atoms with Gasteiger partial charge in [0.1, 0.15) is 0 Å². The maximum Gasteiger partial charge on any atom is 0.252 e. The highest BCUT2D eigenvalue weighted by Crippen LogP contribution is 2.62. The molecule has 15 rings (SSSR count). The minimum atomic E-state index is -0.520. The number of fused-ring (bicyclic) bond motifs is 15. The van der Waals surface area contributed by atoms with E-state index in [0.717, 1.165) is 0 Å². The van der Waals surface area contributed by atoms with Gasteiger partial charge in [-0.05, 0) is 78.2 Å². The van der Waals surface area contributed by atoms with E-state index in [9.17, 15) is 0 Å². The molecule has 0 radical (unpaired) electrons. The number of benzene rings is 9. The van der Waals surface area contributed by atoms with E-state index >= 15 is 0 Å². The molecule has 9 aromatic carbocycles. The molecule has 0 atom stereocenters. The van der Waals surface area contributed by atoms with Crippen LogP contribution in [0.5, 0.6) is 0 Å². The predicted molar refractivity (Wildman–Crippen MR) is 234 cm³/mol. The second kappa shape index (κ2) is 9.40. The maximum atomic E-state index is 2.71. The minimum absolute atomic E-state index is 0.0557. The standard InChI is InChI=1S/C53H29BN2/c1-2-15-31-30(13-1)14-9-19-32(31)39-29-43-52-47-51(39)55-46-28-8-5-18-35(46)36-21-11-26-44(49(36)55)54(47)45-27-12-22-38-37-20-10-25-42(48(37)56(52)50(38)45)53(43)40-23-6-3-16-33(40)34-17-4-7-24-41(34)53/h1-29H. The van der Waals surface area contributed by atoms with Crippen LogP contribution in [0.1, 0.15) is 22.3 Å². The van der Waals surface area contributed by atoms with Crippen LogP contribution in [0.2, 0.25) is 0 Å². The molecule has 0 unspecified atom stereocenters. The Morgan fingerprint density at radius 3 is 1.68 bits per heavy atom. The second-order valence-corrected chi connectivity index (χ2v) is 16.3. The van der Waals surface area contributed by atoms with Gasteiger partial charge in [0.25, 0.3) is 6.71 Å². The van der Waals surface area contributed by atoms with Crippen molar-refractivity contribution in [1.82, 2.24) is 9.13 Å². The molecule has 254 valence electrons. The highest BCUT2D eigenvalue weighted by Gasteiger charge is 2.54. The number of rotatable bonds is 1. The monoisotopic (exact) mass is 704 g/mol. The van der Waals surface area contributed by atoms with Gasteiger partial charge < -0.3 is 9.13 Å². The van der Waals surface area contributed by atoms with Crippen LogP contribution in [0.4, 0.5) is 0 Å². The molecule has 3 heteroatoms. The summed E-state index contributed by atoms with van der Waals surface area (Å²) < 4.78 is 5.36. The van der Waals surface area contributed by atoms with Crippen LogP contribution >= 0.6 is 0 Å². The van der Waals surface area contributed by atoms with Gasteiger partial charge in [-0.3, -0.25) is 0 Å². The van der Waals surface area contributed by atoms with Gasteiger partial charge in [-0.2, -0.15) is 0 Å². The van der Waals surface area contributed by atoms with E-state index in [4.69, 9.17) is 0 Å². The van der Waals surface area contributed by atoms with Gasteiger partial charge in [0.15, 0.2) is 0 Å². The van der Waals surface area contributed by atoms with Gasteiger partial charge in [0.2, 0.25) is 0 Å². The van der Waals surface area contributed by atoms with Gasteiger partial charge in [-0.15, -0.1) is 0 Å². The van der Waals surface area contributed by atoms with Crippen molar-refractivity contribution >= 4 is 77.5 Å². The summed E-state index contributed by atoms with van der Waals surface area (Å²) in [6.07, 6.45) is 0. The molecule has 1 aliphatic carbocycles. The molecule has 3 aliphatic heterocycles. The van der Waals surface area contributed by atoms with E-state index in [1.807, 2.05) is 0 Å². The second-order valence-electron chi connectivity index (χ2n) is 16.3. The summed E-state index contributed by atoms with van der Waals surface area (Å²) in [5.74, 6) is 0. The van der Waals surface area contributed by atoms with E-state index in [0.29, 0.717) is 0 Å². The number of hydrogen-bond donors (Lipinski definition) is 0. The lowest BCUT2D eigenvalue weighted by molar-refractivity contribution is 0.749. The Hall–Kier alpha value is -7.10. The van der Waals surface area contributed by atoms with E-state index in [-0.39, 0.29) is 6.71 Å². The van der Waals surface area contributed by atoms with Crippen molar-refractivity contribution in [1.29, 1.82) is 0 Å². The zero-order valence-electron chi connectivity index (χ0n) is 30.2. The number of aromatic nitrogens is 2. The topological polar surface area (TPSA) is 9.86 Å². The normalized spacial score (nSPS) is 14.5. The maximum absolute atomic E-state index is 2.71. The fourth-order valence-electron chi connectivity index (χ4n) is 12.2. The molecule has 4 aliphatic rings. The molecule has 56 heavy (non-hydrogen) atoms. The van der Waals surface area contributed by atoms with Crippen molar-refractivity contribution in [3.63, 3.8) is 0 Å². The van der Waals surface area contributed by atoms with Crippen molar-refractivity contribution in [3.05, 3.63) is 198 Å². The van der Waals surface area contributed by atoms with Gasteiger partial charge in [-0.1, -0.05) is 164 Å². The average Bonchev–Trinajstić information content (AvgIpc) is 3.89. The first-order valence-corrected chi connectivity index (χ1v) is 19.8. The van der Waals surface area contributed by atoms with Crippen LogP contribution in [0.15, 0.2) is 176 Å². The first kappa shape index (κ1) is 28.4. The molecule has 0 fully saturated rings. The largest absolute Gasteiger partial charge is 0.310 e. The summed E-state index contributed by atoms with van der Waals surface area (Å²) in [5, 5.41) is 7.83. The van der Waals surface area contributed by atoms with Gasteiger partial charge in [-0.25, -0.2) is 0 Å². The Morgan fingerprint density at radius 2 is 0.893 bits per heavy atom. The van der Waals surface area contributed by atoms with Crippen LogP contribution in [0, 0.1) is 0 Å². The highest BCUT2D eigenvalue weighted by molar-refractivity contribution is 7.00. The van der Waals surface area contributed by atoms with E-state index in [1.54, 1.807) is 0 Å². The quantitative estimate of drug-likeness (QED) is 0.151. The summed E-state index contributed by atoms with van der Waals surface area (Å²) in [7, 11) is 0. The van der Waals surface area contributed by atoms with E-state index in [1.165, 1.54) is 127 Å². The molecule has 2 aromatic heterocycles. The number of nitrogens with zero attached hydrogens (tertiary/aromatic N) is 2. The Kier molecular flexibility index (Phi) is 4.76. The molecule has 0 saturated carbocycles. The van der Waals surface area contributed by atoms with Crippen LogP contribution in [-0.4, -0.2) is 15.8 Å². The third kappa shape index (κ3) is 2.89. The fourth-order valence-corrected chi connectivity index (χ4v) is 12.2. The van der Waals surface area contributed by atoms with Gasteiger partial charge >= 0.3 is 0 Å². The van der Waals surface area contributed by atoms with Crippen molar-refractivity contribution in [2.24, 2.45) is 0 Å². The molecule has 0 bridgehead atoms. The molecule has 11 aromatic rings. The molecule has 5 heterocycles. The summed E-state index contributed by atoms with van der Waals surface area (Å²) in [6, 6.07) is 67.3. The molecule has 0 N–H and O–H groups in total. The first-order valence-electron chi connectivity index (χ1n) is 19.8. The number of para-hydroxylation sites is 4. The van der Waals surface area contributed by atoms with Crippen LogP contribution in [0.25, 0.3) is 88.0 Å². The molecule has 2 nitrogen and oxygen atoms in total. The van der Waals surface area contributed by atoms with Crippen molar-refractivity contribution in [2.45, 2.75) is 5.41 Å². The zero-order chi connectivity index (χ0) is 36.0. The van der Waals surface area contributed by atoms with Gasteiger partial charge in [0.05, 0.1) is 22.1 Å². The predicted octanol–water partition coefficient (Wildman–Crippen LogP) is 10.5. The molecule has 0 amide bonds. The Morgan fingerprint density at radius 1 is 0.357 bits per heavy atom.